The van der Waals surface area contributed by atoms with E-state index in [1.54, 1.807) is 24.3 Å². The normalized spacial score (nSPS) is 10.2. The summed E-state index contributed by atoms with van der Waals surface area (Å²) in [6, 6.07) is 8.83. The van der Waals surface area contributed by atoms with Gasteiger partial charge in [0.2, 0.25) is 5.91 Å². The fourth-order valence-corrected chi connectivity index (χ4v) is 1.79. The van der Waals surface area contributed by atoms with Crippen LogP contribution in [0.1, 0.15) is 26.7 Å². The van der Waals surface area contributed by atoms with Crippen LogP contribution < -0.4 is 15.4 Å². The van der Waals surface area contributed by atoms with Crippen molar-refractivity contribution in [3.8, 4) is 5.75 Å². The van der Waals surface area contributed by atoms with E-state index in [1.165, 1.54) is 0 Å². The van der Waals surface area contributed by atoms with Gasteiger partial charge in [0.05, 0.1) is 0 Å². The van der Waals surface area contributed by atoms with Gasteiger partial charge >= 0.3 is 6.09 Å². The molecule has 0 radical (unpaired) electrons. The molecule has 0 aliphatic heterocycles. The predicted molar refractivity (Wildman–Crippen MR) is 77.6 cm³/mol. The van der Waals surface area contributed by atoms with Crippen LogP contribution in [-0.4, -0.2) is 25.1 Å². The highest BCUT2D eigenvalue weighted by Gasteiger charge is 2.13. The molecule has 0 atom stereocenters. The van der Waals surface area contributed by atoms with Crippen molar-refractivity contribution in [3.05, 3.63) is 30.3 Å². The third-order valence-electron chi connectivity index (χ3n) is 3.00. The topological polar surface area (TPSA) is 67.4 Å². The van der Waals surface area contributed by atoms with Crippen LogP contribution in [0.3, 0.4) is 0 Å². The maximum atomic E-state index is 11.7. The molecule has 1 aromatic carbocycles. The van der Waals surface area contributed by atoms with Crippen molar-refractivity contribution in [2.75, 3.05) is 13.1 Å². The molecule has 1 aromatic rings. The van der Waals surface area contributed by atoms with Crippen LogP contribution >= 0.6 is 0 Å². The van der Waals surface area contributed by atoms with E-state index in [0.717, 1.165) is 12.8 Å². The minimum absolute atomic E-state index is 0.0354. The van der Waals surface area contributed by atoms with Crippen molar-refractivity contribution in [1.29, 1.82) is 0 Å². The molecule has 0 spiro atoms. The smallest absolute Gasteiger partial charge is 0.410 e. The molecule has 0 aliphatic rings. The van der Waals surface area contributed by atoms with Crippen molar-refractivity contribution in [1.82, 2.24) is 10.6 Å². The Balaban J connectivity index is 2.18. The second kappa shape index (κ2) is 8.96. The highest BCUT2D eigenvalue weighted by atomic mass is 16.6. The number of carbonyl (C=O) groups excluding carboxylic acids is 2. The second-order valence-electron chi connectivity index (χ2n) is 4.43. The maximum absolute atomic E-state index is 11.7. The summed E-state index contributed by atoms with van der Waals surface area (Å²) < 4.78 is 5.05. The molecule has 0 unspecified atom stereocenters. The molecule has 0 saturated heterocycles. The van der Waals surface area contributed by atoms with E-state index in [4.69, 9.17) is 4.74 Å². The first-order chi connectivity index (χ1) is 9.67. The molecular formula is C15H22N2O3. The van der Waals surface area contributed by atoms with E-state index in [2.05, 4.69) is 10.6 Å². The van der Waals surface area contributed by atoms with Gasteiger partial charge in [0, 0.05) is 19.0 Å². The number of hydrogen-bond acceptors (Lipinski definition) is 3. The molecule has 1 rings (SSSR count). The monoisotopic (exact) mass is 278 g/mol. The number of rotatable bonds is 7. The number of carbonyl (C=O) groups is 2. The number of benzene rings is 1. The summed E-state index contributed by atoms with van der Waals surface area (Å²) in [5.41, 5.74) is 0. The molecule has 2 N–H and O–H groups in total. The van der Waals surface area contributed by atoms with Gasteiger partial charge in [0.1, 0.15) is 5.75 Å². The van der Waals surface area contributed by atoms with Crippen LogP contribution in [0.2, 0.25) is 0 Å². The van der Waals surface area contributed by atoms with Crippen LogP contribution in [0.5, 0.6) is 5.75 Å². The largest absolute Gasteiger partial charge is 0.412 e. The van der Waals surface area contributed by atoms with Gasteiger partial charge in [-0.3, -0.25) is 4.79 Å². The summed E-state index contributed by atoms with van der Waals surface area (Å²) in [6.07, 6.45) is 1.13. The number of hydrogen-bond donors (Lipinski definition) is 2. The van der Waals surface area contributed by atoms with Crippen molar-refractivity contribution in [2.45, 2.75) is 26.7 Å². The van der Waals surface area contributed by atoms with Crippen LogP contribution in [0, 0.1) is 5.92 Å². The molecule has 20 heavy (non-hydrogen) atoms. The number of nitrogens with one attached hydrogen (secondary N) is 2. The third-order valence-corrected chi connectivity index (χ3v) is 3.00. The Labute approximate surface area is 119 Å². The summed E-state index contributed by atoms with van der Waals surface area (Å²) in [5.74, 6) is 0.575. The van der Waals surface area contributed by atoms with E-state index < -0.39 is 6.09 Å². The first kappa shape index (κ1) is 16.0. The van der Waals surface area contributed by atoms with E-state index >= 15 is 0 Å². The Morgan fingerprint density at radius 3 is 2.25 bits per heavy atom. The van der Waals surface area contributed by atoms with Crippen LogP contribution in [-0.2, 0) is 4.79 Å². The van der Waals surface area contributed by atoms with Gasteiger partial charge in [-0.25, -0.2) is 4.79 Å². The zero-order valence-electron chi connectivity index (χ0n) is 12.0. The van der Waals surface area contributed by atoms with Crippen molar-refractivity contribution < 1.29 is 14.3 Å². The Hall–Kier alpha value is -2.04. The van der Waals surface area contributed by atoms with E-state index in [-0.39, 0.29) is 11.8 Å². The third kappa shape index (κ3) is 5.73. The highest BCUT2D eigenvalue weighted by molar-refractivity contribution is 5.78. The minimum atomic E-state index is -0.520. The first-order valence-corrected chi connectivity index (χ1v) is 6.95. The lowest BCUT2D eigenvalue weighted by Crippen LogP contribution is -2.38. The first-order valence-electron chi connectivity index (χ1n) is 6.95. The van der Waals surface area contributed by atoms with Gasteiger partial charge in [-0.15, -0.1) is 0 Å². The Morgan fingerprint density at radius 2 is 1.65 bits per heavy atom. The number of amides is 2. The summed E-state index contributed by atoms with van der Waals surface area (Å²) in [6.45, 7) is 4.73. The lowest BCUT2D eigenvalue weighted by molar-refractivity contribution is -0.125. The Bertz CT molecular complexity index is 416. The Kier molecular flexibility index (Phi) is 7.17. The van der Waals surface area contributed by atoms with Gasteiger partial charge in [0.25, 0.3) is 0 Å². The van der Waals surface area contributed by atoms with Gasteiger partial charge in [-0.2, -0.15) is 0 Å². The fraction of sp³-hybridized carbons (Fsp3) is 0.467. The summed E-state index contributed by atoms with van der Waals surface area (Å²) in [7, 11) is 0. The lowest BCUT2D eigenvalue weighted by atomic mass is 10.0. The Morgan fingerprint density at radius 1 is 1.05 bits per heavy atom. The molecule has 0 heterocycles. The van der Waals surface area contributed by atoms with Gasteiger partial charge < -0.3 is 15.4 Å². The standard InChI is InChI=1S/C15H22N2O3/c1-3-12(4-2)14(18)16-10-11-17-15(19)20-13-8-6-5-7-9-13/h5-9,12H,3-4,10-11H2,1-2H3,(H,16,18)(H,17,19). The van der Waals surface area contributed by atoms with Crippen molar-refractivity contribution in [2.24, 2.45) is 5.92 Å². The SMILES string of the molecule is CCC(CC)C(=O)NCCNC(=O)Oc1ccccc1. The molecule has 2 amide bonds. The fourth-order valence-electron chi connectivity index (χ4n) is 1.79. The van der Waals surface area contributed by atoms with Crippen molar-refractivity contribution >= 4 is 12.0 Å². The lowest BCUT2D eigenvalue weighted by Gasteiger charge is -2.13. The van der Waals surface area contributed by atoms with Gasteiger partial charge in [0.15, 0.2) is 0 Å². The number of ether oxygens (including phenoxy) is 1. The molecule has 5 nitrogen and oxygen atoms in total. The summed E-state index contributed by atoms with van der Waals surface area (Å²) in [5, 5.41) is 5.38. The van der Waals surface area contributed by atoms with Crippen LogP contribution in [0.4, 0.5) is 4.79 Å². The number of para-hydroxylation sites is 1. The zero-order valence-corrected chi connectivity index (χ0v) is 12.0. The quantitative estimate of drug-likeness (QED) is 0.752. The average Bonchev–Trinajstić information content (AvgIpc) is 2.46. The second-order valence-corrected chi connectivity index (χ2v) is 4.43. The van der Waals surface area contributed by atoms with Gasteiger partial charge in [-0.05, 0) is 25.0 Å². The molecule has 0 bridgehead atoms. The summed E-state index contributed by atoms with van der Waals surface area (Å²) in [4.78, 5) is 23.1. The summed E-state index contributed by atoms with van der Waals surface area (Å²) >= 11 is 0. The van der Waals surface area contributed by atoms with E-state index in [9.17, 15) is 9.59 Å². The van der Waals surface area contributed by atoms with E-state index in [1.807, 2.05) is 19.9 Å². The molecule has 0 saturated carbocycles. The van der Waals surface area contributed by atoms with Crippen LogP contribution in [0.15, 0.2) is 30.3 Å². The zero-order chi connectivity index (χ0) is 14.8. The molecule has 110 valence electrons. The minimum Gasteiger partial charge on any atom is -0.410 e. The predicted octanol–water partition coefficient (Wildman–Crippen LogP) is 2.33. The van der Waals surface area contributed by atoms with Crippen LogP contribution in [0.25, 0.3) is 0 Å². The molecule has 5 heteroatoms. The molecular weight excluding hydrogens is 256 g/mol. The highest BCUT2D eigenvalue weighted by Crippen LogP contribution is 2.08. The van der Waals surface area contributed by atoms with E-state index in [0.29, 0.717) is 18.8 Å². The maximum Gasteiger partial charge on any atom is 0.412 e. The average molecular weight is 278 g/mol. The molecule has 0 fully saturated rings. The van der Waals surface area contributed by atoms with Gasteiger partial charge in [-0.1, -0.05) is 32.0 Å². The molecule has 0 aromatic heterocycles. The van der Waals surface area contributed by atoms with Crippen molar-refractivity contribution in [3.63, 3.8) is 0 Å². The molecule has 0 aliphatic carbocycles.